The zero-order valence-electron chi connectivity index (χ0n) is 16.5. The van der Waals surface area contributed by atoms with Crippen LogP contribution in [0.1, 0.15) is 31.2 Å². The molecule has 0 radical (unpaired) electrons. The summed E-state index contributed by atoms with van der Waals surface area (Å²) in [6.45, 7) is 9.58. The lowest BCUT2D eigenvalue weighted by Gasteiger charge is -2.15. The summed E-state index contributed by atoms with van der Waals surface area (Å²) in [5.41, 5.74) is 3.24. The number of aromatic nitrogens is 2. The topological polar surface area (TPSA) is 56.2 Å². The smallest absolute Gasteiger partial charge is 0.243 e. The van der Waals surface area contributed by atoms with Gasteiger partial charge in [-0.1, -0.05) is 50.8 Å². The Morgan fingerprint density at radius 3 is 2.75 bits per heavy atom. The second-order valence-electron chi connectivity index (χ2n) is 6.95. The molecular weight excluding hydrogens is 350 g/mol. The Kier molecular flexibility index (Phi) is 6.48. The fraction of sp³-hybridized carbons (Fsp3) is 0.304. The molecule has 1 amide bonds. The molecule has 5 nitrogen and oxygen atoms in total. The Morgan fingerprint density at radius 2 is 1.96 bits per heavy atom. The third kappa shape index (κ3) is 4.60. The number of fused-ring (bicyclic) bond motifs is 1. The van der Waals surface area contributed by atoms with Crippen molar-refractivity contribution in [3.63, 3.8) is 0 Å². The number of benzene rings is 2. The molecule has 0 saturated heterocycles. The Labute approximate surface area is 166 Å². The van der Waals surface area contributed by atoms with Crippen LogP contribution in [0.5, 0.6) is 5.75 Å². The number of nitrogens with zero attached hydrogens (tertiary/aromatic N) is 2. The van der Waals surface area contributed by atoms with E-state index in [1.54, 1.807) is 0 Å². The second-order valence-corrected chi connectivity index (χ2v) is 6.95. The molecule has 0 spiro atoms. The van der Waals surface area contributed by atoms with Crippen molar-refractivity contribution in [3.05, 3.63) is 72.6 Å². The Balaban J connectivity index is 1.73. The van der Waals surface area contributed by atoms with Gasteiger partial charge in [-0.3, -0.25) is 4.79 Å². The van der Waals surface area contributed by atoms with Gasteiger partial charge in [-0.2, -0.15) is 0 Å². The lowest BCUT2D eigenvalue weighted by atomic mass is 10.0. The van der Waals surface area contributed by atoms with Crippen molar-refractivity contribution in [2.24, 2.45) is 0 Å². The first kappa shape index (κ1) is 19.7. The molecule has 1 N–H and O–H groups in total. The minimum absolute atomic E-state index is 0.170. The van der Waals surface area contributed by atoms with E-state index in [1.165, 1.54) is 11.6 Å². The lowest BCUT2D eigenvalue weighted by Crippen LogP contribution is -2.24. The highest BCUT2D eigenvalue weighted by molar-refractivity contribution is 5.86. The van der Waals surface area contributed by atoms with Gasteiger partial charge in [0.1, 0.15) is 18.2 Å². The lowest BCUT2D eigenvalue weighted by molar-refractivity contribution is -0.116. The fourth-order valence-corrected chi connectivity index (χ4v) is 3.27. The molecular formula is C23H27N3O2. The maximum Gasteiger partial charge on any atom is 0.243 e. The summed E-state index contributed by atoms with van der Waals surface area (Å²) in [4.78, 5) is 16.1. The molecule has 0 aliphatic rings. The predicted molar refractivity (Wildman–Crippen MR) is 113 cm³/mol. The summed E-state index contributed by atoms with van der Waals surface area (Å²) in [6.07, 6.45) is 1.93. The third-order valence-corrected chi connectivity index (χ3v) is 4.68. The molecule has 0 unspecified atom stereocenters. The fourth-order valence-electron chi connectivity index (χ4n) is 3.27. The quantitative estimate of drug-likeness (QED) is 0.572. The number of hydrogen-bond donors (Lipinski definition) is 1. The number of rotatable bonds is 9. The zero-order chi connectivity index (χ0) is 19.9. The van der Waals surface area contributed by atoms with Gasteiger partial charge in [0.15, 0.2) is 0 Å². The maximum atomic E-state index is 11.4. The second kappa shape index (κ2) is 9.22. The molecule has 5 heteroatoms. The molecule has 3 aromatic rings. The number of imidazole rings is 1. The monoisotopic (exact) mass is 377 g/mol. The summed E-state index contributed by atoms with van der Waals surface area (Å²) in [5.74, 6) is 2.11. The number of hydrogen-bond acceptors (Lipinski definition) is 3. The minimum atomic E-state index is -0.170. The highest BCUT2D eigenvalue weighted by atomic mass is 16.5. The van der Waals surface area contributed by atoms with Crippen molar-refractivity contribution >= 4 is 16.9 Å². The van der Waals surface area contributed by atoms with Crippen molar-refractivity contribution in [3.8, 4) is 5.75 Å². The molecule has 28 heavy (non-hydrogen) atoms. The highest BCUT2D eigenvalue weighted by Gasteiger charge is 2.12. The summed E-state index contributed by atoms with van der Waals surface area (Å²) in [7, 11) is 0. The van der Waals surface area contributed by atoms with E-state index in [1.807, 2.05) is 36.4 Å². The van der Waals surface area contributed by atoms with E-state index in [-0.39, 0.29) is 5.91 Å². The van der Waals surface area contributed by atoms with Gasteiger partial charge in [0.25, 0.3) is 0 Å². The average Bonchev–Trinajstić information content (AvgIpc) is 3.05. The van der Waals surface area contributed by atoms with Crippen LogP contribution in [0.4, 0.5) is 0 Å². The van der Waals surface area contributed by atoms with E-state index < -0.39 is 0 Å². The van der Waals surface area contributed by atoms with Gasteiger partial charge in [-0.05, 0) is 35.8 Å². The first-order valence-electron chi connectivity index (χ1n) is 9.66. The maximum absolute atomic E-state index is 11.4. The van der Waals surface area contributed by atoms with Gasteiger partial charge >= 0.3 is 0 Å². The minimum Gasteiger partial charge on any atom is -0.491 e. The molecule has 0 atom stereocenters. The number of carbonyl (C=O) groups excluding carboxylic acids is 1. The van der Waals surface area contributed by atoms with E-state index in [4.69, 9.17) is 9.72 Å². The van der Waals surface area contributed by atoms with Crippen LogP contribution in [0.3, 0.4) is 0 Å². The van der Waals surface area contributed by atoms with Crippen LogP contribution in [0.2, 0.25) is 0 Å². The van der Waals surface area contributed by atoms with Crippen LogP contribution in [0.15, 0.2) is 61.2 Å². The molecule has 0 saturated carbocycles. The van der Waals surface area contributed by atoms with E-state index in [2.05, 4.69) is 42.4 Å². The summed E-state index contributed by atoms with van der Waals surface area (Å²) in [5, 5.41) is 2.81. The van der Waals surface area contributed by atoms with Crippen molar-refractivity contribution in [1.29, 1.82) is 0 Å². The van der Waals surface area contributed by atoms with Crippen molar-refractivity contribution < 1.29 is 9.53 Å². The first-order chi connectivity index (χ1) is 13.6. The number of carbonyl (C=O) groups is 1. The number of ether oxygens (including phenoxy) is 1. The molecule has 0 aliphatic carbocycles. The normalized spacial score (nSPS) is 11.0. The number of para-hydroxylation sites is 3. The van der Waals surface area contributed by atoms with Crippen LogP contribution in [0, 0.1) is 0 Å². The molecule has 0 aliphatic heterocycles. The molecule has 2 aromatic carbocycles. The molecule has 146 valence electrons. The van der Waals surface area contributed by atoms with Crippen LogP contribution in [0.25, 0.3) is 11.0 Å². The van der Waals surface area contributed by atoms with Crippen LogP contribution >= 0.6 is 0 Å². The Bertz CT molecular complexity index is 959. The van der Waals surface area contributed by atoms with Gasteiger partial charge in [0.2, 0.25) is 5.91 Å². The van der Waals surface area contributed by atoms with Gasteiger partial charge in [0.05, 0.1) is 17.6 Å². The van der Waals surface area contributed by atoms with Crippen LogP contribution in [-0.4, -0.2) is 28.6 Å². The van der Waals surface area contributed by atoms with Crippen molar-refractivity contribution in [2.45, 2.75) is 32.7 Å². The van der Waals surface area contributed by atoms with Gasteiger partial charge in [-0.15, -0.1) is 0 Å². The molecule has 1 heterocycles. The van der Waals surface area contributed by atoms with E-state index in [9.17, 15) is 4.79 Å². The standard InChI is InChI=1S/C23H27N3O2/c1-4-23(27)24-14-13-22-25-19-10-6-7-11-20(19)26(22)15-16-28-21-12-8-5-9-18(21)17(2)3/h4-12,17H,1,13-16H2,2-3H3,(H,24,27). The zero-order valence-corrected chi connectivity index (χ0v) is 16.5. The first-order valence-corrected chi connectivity index (χ1v) is 9.66. The third-order valence-electron chi connectivity index (χ3n) is 4.68. The van der Waals surface area contributed by atoms with Gasteiger partial charge in [0, 0.05) is 13.0 Å². The molecule has 0 fully saturated rings. The van der Waals surface area contributed by atoms with E-state index in [0.717, 1.165) is 22.6 Å². The summed E-state index contributed by atoms with van der Waals surface area (Å²) < 4.78 is 8.28. The van der Waals surface area contributed by atoms with Crippen LogP contribution in [-0.2, 0) is 17.8 Å². The summed E-state index contributed by atoms with van der Waals surface area (Å²) >= 11 is 0. The highest BCUT2D eigenvalue weighted by Crippen LogP contribution is 2.26. The van der Waals surface area contributed by atoms with E-state index >= 15 is 0 Å². The Morgan fingerprint density at radius 1 is 1.21 bits per heavy atom. The van der Waals surface area contributed by atoms with Crippen molar-refractivity contribution in [2.75, 3.05) is 13.2 Å². The molecule has 3 rings (SSSR count). The number of amides is 1. The Hall–Kier alpha value is -3.08. The predicted octanol–water partition coefficient (Wildman–Crippen LogP) is 4.08. The van der Waals surface area contributed by atoms with Crippen molar-refractivity contribution in [1.82, 2.24) is 14.9 Å². The van der Waals surface area contributed by atoms with Gasteiger partial charge < -0.3 is 14.6 Å². The summed E-state index contributed by atoms with van der Waals surface area (Å²) in [6, 6.07) is 16.2. The molecule has 1 aromatic heterocycles. The molecule has 0 bridgehead atoms. The van der Waals surface area contributed by atoms with E-state index in [0.29, 0.717) is 32.0 Å². The average molecular weight is 377 g/mol. The number of nitrogens with one attached hydrogen (secondary N) is 1. The SMILES string of the molecule is C=CC(=O)NCCc1nc2ccccc2n1CCOc1ccccc1C(C)C. The van der Waals surface area contributed by atoms with Gasteiger partial charge in [-0.25, -0.2) is 4.98 Å². The van der Waals surface area contributed by atoms with Crippen LogP contribution < -0.4 is 10.1 Å². The largest absolute Gasteiger partial charge is 0.491 e.